The summed E-state index contributed by atoms with van der Waals surface area (Å²) >= 11 is 0. The molecule has 3 aromatic carbocycles. The zero-order chi connectivity index (χ0) is 30.6. The number of piperidine rings is 1. The van der Waals surface area contributed by atoms with Gasteiger partial charge in [-0.3, -0.25) is 4.79 Å². The summed E-state index contributed by atoms with van der Waals surface area (Å²) in [5.74, 6) is 1.24. The molecule has 3 aliphatic rings. The van der Waals surface area contributed by atoms with Crippen LogP contribution >= 0.6 is 0 Å². The first-order valence-corrected chi connectivity index (χ1v) is 15.0. The molecule has 0 spiro atoms. The molecule has 3 fully saturated rings. The first-order chi connectivity index (χ1) is 21.3. The van der Waals surface area contributed by atoms with Gasteiger partial charge in [0.2, 0.25) is 5.91 Å². The summed E-state index contributed by atoms with van der Waals surface area (Å²) in [4.78, 5) is 23.6. The van der Waals surface area contributed by atoms with Crippen LogP contribution in [0.1, 0.15) is 44.1 Å². The van der Waals surface area contributed by atoms with Crippen LogP contribution in [-0.4, -0.2) is 64.7 Å². The van der Waals surface area contributed by atoms with Crippen molar-refractivity contribution in [2.75, 3.05) is 32.1 Å². The summed E-state index contributed by atoms with van der Waals surface area (Å²) in [6, 6.07) is 9.00. The lowest BCUT2D eigenvalue weighted by atomic mass is 9.76. The Labute approximate surface area is 253 Å². The Morgan fingerprint density at radius 1 is 1.18 bits per heavy atom. The number of hydrogen-bond donors (Lipinski definition) is 3. The number of nitrogens with one attached hydrogen (secondary N) is 2. The Morgan fingerprint density at radius 2 is 2.02 bits per heavy atom. The molecule has 1 amide bonds. The van der Waals surface area contributed by atoms with Crippen LogP contribution in [0.25, 0.3) is 32.8 Å². The normalized spacial score (nSPS) is 23.5. The smallest absolute Gasteiger partial charge is 0.319 e. The van der Waals surface area contributed by atoms with Gasteiger partial charge in [-0.15, -0.1) is 6.42 Å². The molecule has 0 unspecified atom stereocenters. The highest BCUT2D eigenvalue weighted by atomic mass is 19.1. The van der Waals surface area contributed by atoms with E-state index in [1.807, 2.05) is 0 Å². The molecule has 3 N–H and O–H groups in total. The highest BCUT2D eigenvalue weighted by Gasteiger charge is 2.47. The number of fused-ring (bicyclic) bond motifs is 3. The summed E-state index contributed by atoms with van der Waals surface area (Å²) in [5, 5.41) is 17.8. The molecule has 0 radical (unpaired) electrons. The van der Waals surface area contributed by atoms with Crippen molar-refractivity contribution in [3.8, 4) is 35.2 Å². The molecule has 4 aromatic rings. The third-order valence-electron chi connectivity index (χ3n) is 9.66. The molecule has 3 atom stereocenters. The van der Waals surface area contributed by atoms with Crippen LogP contribution in [0.5, 0.6) is 11.8 Å². The van der Waals surface area contributed by atoms with Gasteiger partial charge in [-0.05, 0) is 74.5 Å². The first kappa shape index (κ1) is 28.3. The minimum atomic E-state index is -0.688. The van der Waals surface area contributed by atoms with E-state index in [1.54, 1.807) is 12.1 Å². The minimum Gasteiger partial charge on any atom is -0.508 e. The van der Waals surface area contributed by atoms with E-state index in [0.29, 0.717) is 41.2 Å². The molecule has 0 bridgehead atoms. The van der Waals surface area contributed by atoms with Gasteiger partial charge < -0.3 is 25.4 Å². The van der Waals surface area contributed by atoms with Crippen molar-refractivity contribution in [2.24, 2.45) is 5.41 Å². The van der Waals surface area contributed by atoms with Crippen LogP contribution < -0.4 is 15.4 Å². The van der Waals surface area contributed by atoms with Gasteiger partial charge in [0.1, 0.15) is 22.9 Å². The third kappa shape index (κ3) is 4.76. The molecule has 2 aliphatic heterocycles. The Morgan fingerprint density at radius 3 is 2.82 bits per heavy atom. The van der Waals surface area contributed by atoms with Crippen LogP contribution in [0.4, 0.5) is 14.6 Å². The van der Waals surface area contributed by atoms with E-state index < -0.39 is 11.6 Å². The topological polar surface area (TPSA) is 99.6 Å². The quantitative estimate of drug-likeness (QED) is 0.258. The van der Waals surface area contributed by atoms with E-state index in [9.17, 15) is 14.3 Å². The van der Waals surface area contributed by atoms with Crippen molar-refractivity contribution in [1.82, 2.24) is 20.2 Å². The van der Waals surface area contributed by atoms with Gasteiger partial charge in [0.25, 0.3) is 0 Å². The molecular weight excluding hydrogens is 564 g/mol. The van der Waals surface area contributed by atoms with Gasteiger partial charge in [0, 0.05) is 40.8 Å². The number of rotatable bonds is 6. The van der Waals surface area contributed by atoms with E-state index >= 15 is 4.39 Å². The van der Waals surface area contributed by atoms with E-state index in [2.05, 4.69) is 38.5 Å². The minimum absolute atomic E-state index is 0.00340. The number of amides is 1. The van der Waals surface area contributed by atoms with Crippen LogP contribution in [0, 0.1) is 29.4 Å². The number of ether oxygens (including phenoxy) is 1. The number of terminal acetylenes is 1. The fourth-order valence-corrected chi connectivity index (χ4v) is 7.59. The average molecular weight is 598 g/mol. The first-order valence-electron chi connectivity index (χ1n) is 15.0. The second kappa shape index (κ2) is 10.9. The lowest BCUT2D eigenvalue weighted by molar-refractivity contribution is -0.119. The summed E-state index contributed by atoms with van der Waals surface area (Å²) in [7, 11) is 2.16. The SMILES string of the molecule is C#Cc1c(F)ccc2cc(O)cc(-c3ccc4c(N[C@H]5CNC(=O)C5)nc(OC[C@]56CCC[C@H]5N(C)CCC6)nc4c3F)c12. The van der Waals surface area contributed by atoms with Gasteiger partial charge in [-0.1, -0.05) is 24.5 Å². The monoisotopic (exact) mass is 597 g/mol. The second-order valence-electron chi connectivity index (χ2n) is 12.3. The maximum absolute atomic E-state index is 16.7. The molecular formula is C34H33F2N5O3. The second-order valence-corrected chi connectivity index (χ2v) is 12.3. The van der Waals surface area contributed by atoms with Gasteiger partial charge >= 0.3 is 6.01 Å². The van der Waals surface area contributed by atoms with Gasteiger partial charge in [0.05, 0.1) is 18.2 Å². The molecule has 1 aromatic heterocycles. The maximum Gasteiger partial charge on any atom is 0.319 e. The molecule has 1 aliphatic carbocycles. The number of aromatic nitrogens is 2. The molecule has 7 rings (SSSR count). The van der Waals surface area contributed by atoms with E-state index in [1.165, 1.54) is 24.3 Å². The molecule has 44 heavy (non-hydrogen) atoms. The van der Waals surface area contributed by atoms with Gasteiger partial charge in [0.15, 0.2) is 5.82 Å². The lowest BCUT2D eigenvalue weighted by Crippen LogP contribution is -2.50. The Kier molecular flexibility index (Phi) is 7.01. The predicted molar refractivity (Wildman–Crippen MR) is 164 cm³/mol. The fraction of sp³-hybridized carbons (Fsp3) is 0.382. The number of nitrogens with zero attached hydrogens (tertiary/aromatic N) is 3. The number of benzene rings is 3. The van der Waals surface area contributed by atoms with Crippen molar-refractivity contribution in [3.63, 3.8) is 0 Å². The summed E-state index contributed by atoms with van der Waals surface area (Å²) in [5.41, 5.74) is 0.302. The van der Waals surface area contributed by atoms with Gasteiger partial charge in [-0.2, -0.15) is 9.97 Å². The van der Waals surface area contributed by atoms with E-state index in [-0.39, 0.29) is 57.8 Å². The Balaban J connectivity index is 1.35. The average Bonchev–Trinajstić information content (AvgIpc) is 3.63. The Hall–Kier alpha value is -4.49. The number of phenols is 1. The lowest BCUT2D eigenvalue weighted by Gasteiger charge is -2.44. The van der Waals surface area contributed by atoms with Crippen molar-refractivity contribution in [3.05, 3.63) is 53.6 Å². The molecule has 3 heterocycles. The molecule has 10 heteroatoms. The summed E-state index contributed by atoms with van der Waals surface area (Å²) < 4.78 is 37.8. The van der Waals surface area contributed by atoms with Crippen molar-refractivity contribution in [1.29, 1.82) is 0 Å². The van der Waals surface area contributed by atoms with Crippen molar-refractivity contribution < 1.29 is 23.4 Å². The molecule has 2 saturated heterocycles. The fourth-order valence-electron chi connectivity index (χ4n) is 7.59. The number of hydrogen-bond acceptors (Lipinski definition) is 7. The zero-order valence-electron chi connectivity index (χ0n) is 24.4. The van der Waals surface area contributed by atoms with E-state index in [0.717, 1.165) is 38.6 Å². The van der Waals surface area contributed by atoms with Crippen LogP contribution in [0.15, 0.2) is 36.4 Å². The summed E-state index contributed by atoms with van der Waals surface area (Å²) in [6.07, 6.45) is 11.4. The van der Waals surface area contributed by atoms with Crippen molar-refractivity contribution >= 4 is 33.4 Å². The van der Waals surface area contributed by atoms with Crippen LogP contribution in [-0.2, 0) is 4.79 Å². The van der Waals surface area contributed by atoms with Crippen molar-refractivity contribution in [2.45, 2.75) is 50.6 Å². The predicted octanol–water partition coefficient (Wildman–Crippen LogP) is 5.36. The molecule has 8 nitrogen and oxygen atoms in total. The largest absolute Gasteiger partial charge is 0.508 e. The summed E-state index contributed by atoms with van der Waals surface area (Å²) in [6.45, 7) is 1.89. The molecule has 1 saturated carbocycles. The number of halogens is 2. The number of anilines is 1. The number of carbonyl (C=O) groups is 1. The number of aromatic hydroxyl groups is 1. The molecule has 226 valence electrons. The zero-order valence-corrected chi connectivity index (χ0v) is 24.4. The maximum atomic E-state index is 16.7. The van der Waals surface area contributed by atoms with Gasteiger partial charge in [-0.25, -0.2) is 8.78 Å². The highest BCUT2D eigenvalue weighted by molar-refractivity contribution is 6.04. The van der Waals surface area contributed by atoms with Crippen LogP contribution in [0.3, 0.4) is 0 Å². The third-order valence-corrected chi connectivity index (χ3v) is 9.66. The highest BCUT2D eigenvalue weighted by Crippen LogP contribution is 2.47. The number of likely N-dealkylation sites (tertiary alicyclic amines) is 1. The van der Waals surface area contributed by atoms with Crippen LogP contribution in [0.2, 0.25) is 0 Å². The van der Waals surface area contributed by atoms with E-state index in [4.69, 9.17) is 11.2 Å². The number of phenolic OH excluding ortho intramolecular Hbond substituents is 1. The Bertz CT molecular complexity index is 1860. The standard InChI is InChI=1S/C34H33F2N5O3/c1-3-22-26(35)10-7-19-14-21(42)16-25(29(19)22)23-8-9-24-31(30(23)36)39-33(40-32(24)38-20-15-28(43)37-17-20)44-18-34-11-4-6-27(34)41(2)13-5-12-34/h1,7-10,14,16,20,27,42H,4-6,11-13,15,17-18H2,2H3,(H,37,43)(H,38,39,40)/t20-,27-,34-/m1/s1. The number of carbonyl (C=O) groups excluding carboxylic acids is 1.